The summed E-state index contributed by atoms with van der Waals surface area (Å²) in [5, 5.41) is 6.19. The maximum atomic E-state index is 12.5. The Hall–Kier alpha value is -3.45. The number of hydrogen-bond donors (Lipinski definition) is 2. The molecule has 0 bridgehead atoms. The van der Waals surface area contributed by atoms with Crippen LogP contribution in [-0.2, 0) is 11.2 Å². The fourth-order valence-electron chi connectivity index (χ4n) is 3.42. The second-order valence-electron chi connectivity index (χ2n) is 7.50. The van der Waals surface area contributed by atoms with Crippen molar-refractivity contribution in [2.24, 2.45) is 0 Å². The van der Waals surface area contributed by atoms with E-state index in [9.17, 15) is 4.79 Å². The van der Waals surface area contributed by atoms with Gasteiger partial charge in [-0.3, -0.25) is 4.79 Å². The number of amides is 1. The molecule has 1 fully saturated rings. The summed E-state index contributed by atoms with van der Waals surface area (Å²) in [6.45, 7) is 7.12. The number of nitrogens with one attached hydrogen (secondary N) is 2. The van der Waals surface area contributed by atoms with E-state index in [0.717, 1.165) is 42.4 Å². The number of nitrogens with zero attached hydrogens (tertiary/aromatic N) is 3. The van der Waals surface area contributed by atoms with Gasteiger partial charge in [-0.1, -0.05) is 19.1 Å². The molecule has 0 spiro atoms. The zero-order valence-electron chi connectivity index (χ0n) is 17.9. The minimum Gasteiger partial charge on any atom is -0.378 e. The summed E-state index contributed by atoms with van der Waals surface area (Å²) in [5.74, 6) is 1.33. The molecule has 1 aromatic heterocycles. The van der Waals surface area contributed by atoms with Crippen molar-refractivity contribution in [3.05, 3.63) is 71.4 Å². The molecule has 4 rings (SSSR count). The Labute approximate surface area is 182 Å². The highest BCUT2D eigenvalue weighted by molar-refractivity contribution is 6.04. The number of benzene rings is 2. The van der Waals surface area contributed by atoms with Crippen LogP contribution < -0.4 is 15.5 Å². The van der Waals surface area contributed by atoms with Crippen LogP contribution in [0.1, 0.15) is 28.5 Å². The van der Waals surface area contributed by atoms with Crippen molar-refractivity contribution in [3.8, 4) is 0 Å². The summed E-state index contributed by atoms with van der Waals surface area (Å²) in [4.78, 5) is 23.8. The van der Waals surface area contributed by atoms with Gasteiger partial charge in [0.2, 0.25) is 5.95 Å². The monoisotopic (exact) mass is 417 g/mol. The van der Waals surface area contributed by atoms with Crippen molar-refractivity contribution in [2.75, 3.05) is 41.8 Å². The molecule has 0 atom stereocenters. The quantitative estimate of drug-likeness (QED) is 0.626. The lowest BCUT2D eigenvalue weighted by atomic mass is 10.1. The highest BCUT2D eigenvalue weighted by Crippen LogP contribution is 2.21. The van der Waals surface area contributed by atoms with Gasteiger partial charge >= 0.3 is 0 Å². The summed E-state index contributed by atoms with van der Waals surface area (Å²) in [6.07, 6.45) is 0.953. The molecule has 0 radical (unpaired) electrons. The largest absolute Gasteiger partial charge is 0.378 e. The molecule has 1 saturated heterocycles. The number of anilines is 4. The molecule has 2 heterocycles. The molecule has 7 nitrogen and oxygen atoms in total. The predicted octanol–water partition coefficient (Wildman–Crippen LogP) is 4.18. The first-order valence-corrected chi connectivity index (χ1v) is 10.6. The predicted molar refractivity (Wildman–Crippen MR) is 123 cm³/mol. The molecular weight excluding hydrogens is 390 g/mol. The lowest BCUT2D eigenvalue weighted by Gasteiger charge is -2.28. The molecule has 1 amide bonds. The molecule has 2 aromatic carbocycles. The van der Waals surface area contributed by atoms with Gasteiger partial charge in [0, 0.05) is 41.8 Å². The van der Waals surface area contributed by atoms with Gasteiger partial charge in [0.1, 0.15) is 5.82 Å². The van der Waals surface area contributed by atoms with Crippen LogP contribution in [0.5, 0.6) is 0 Å². The summed E-state index contributed by atoms with van der Waals surface area (Å²) in [6, 6.07) is 17.2. The van der Waals surface area contributed by atoms with Crippen LogP contribution >= 0.6 is 0 Å². The first kappa shape index (κ1) is 20.8. The number of carbonyl (C=O) groups is 1. The zero-order chi connectivity index (χ0) is 21.6. The van der Waals surface area contributed by atoms with Gasteiger partial charge in [-0.25, -0.2) is 4.98 Å². The number of aryl methyl sites for hydroxylation is 2. The zero-order valence-corrected chi connectivity index (χ0v) is 17.9. The molecule has 0 unspecified atom stereocenters. The fraction of sp³-hybridized carbons (Fsp3) is 0.292. The number of aromatic nitrogens is 2. The number of carbonyl (C=O) groups excluding carboxylic acids is 1. The van der Waals surface area contributed by atoms with Crippen LogP contribution in [0.25, 0.3) is 0 Å². The smallest absolute Gasteiger partial charge is 0.255 e. The van der Waals surface area contributed by atoms with Gasteiger partial charge < -0.3 is 20.3 Å². The van der Waals surface area contributed by atoms with Crippen LogP contribution in [0.3, 0.4) is 0 Å². The van der Waals surface area contributed by atoms with E-state index in [4.69, 9.17) is 4.74 Å². The number of rotatable bonds is 6. The van der Waals surface area contributed by atoms with Crippen LogP contribution in [0.2, 0.25) is 0 Å². The molecule has 1 aliphatic rings. The van der Waals surface area contributed by atoms with E-state index in [1.54, 1.807) is 0 Å². The van der Waals surface area contributed by atoms with Crippen LogP contribution in [0.4, 0.5) is 23.1 Å². The maximum Gasteiger partial charge on any atom is 0.255 e. The molecule has 7 heteroatoms. The van der Waals surface area contributed by atoms with Crippen molar-refractivity contribution in [2.45, 2.75) is 20.3 Å². The Morgan fingerprint density at radius 2 is 1.68 bits per heavy atom. The Kier molecular flexibility index (Phi) is 6.43. The van der Waals surface area contributed by atoms with E-state index in [1.165, 1.54) is 5.56 Å². The summed E-state index contributed by atoms with van der Waals surface area (Å²) >= 11 is 0. The first-order chi connectivity index (χ1) is 15.1. The minimum atomic E-state index is -0.125. The van der Waals surface area contributed by atoms with E-state index < -0.39 is 0 Å². The van der Waals surface area contributed by atoms with Gasteiger partial charge in [-0.15, -0.1) is 0 Å². The Morgan fingerprint density at radius 1 is 1.00 bits per heavy atom. The lowest BCUT2D eigenvalue weighted by molar-refractivity contribution is 0.102. The van der Waals surface area contributed by atoms with E-state index in [2.05, 4.69) is 32.4 Å². The highest BCUT2D eigenvalue weighted by atomic mass is 16.5. The van der Waals surface area contributed by atoms with Gasteiger partial charge in [-0.05, 0) is 55.3 Å². The topological polar surface area (TPSA) is 79.4 Å². The third-order valence-electron chi connectivity index (χ3n) is 5.20. The van der Waals surface area contributed by atoms with Crippen molar-refractivity contribution in [1.29, 1.82) is 0 Å². The van der Waals surface area contributed by atoms with Gasteiger partial charge in [-0.2, -0.15) is 4.98 Å². The average Bonchev–Trinajstić information content (AvgIpc) is 2.80. The minimum absolute atomic E-state index is 0.125. The van der Waals surface area contributed by atoms with Crippen molar-refractivity contribution < 1.29 is 9.53 Å². The molecule has 0 saturated carbocycles. The molecule has 0 aliphatic carbocycles. The standard InChI is InChI=1S/C24H27N5O2/c1-3-18-4-6-19(7-5-18)23(30)26-20-8-10-21(11-9-20)27-24-25-17(2)16-22(28-24)29-12-14-31-15-13-29/h4-11,16H,3,12-15H2,1-2H3,(H,26,30)(H,25,27,28). The van der Waals surface area contributed by atoms with Crippen LogP contribution in [-0.4, -0.2) is 42.2 Å². The first-order valence-electron chi connectivity index (χ1n) is 10.6. The van der Waals surface area contributed by atoms with Crippen molar-refractivity contribution in [3.63, 3.8) is 0 Å². The van der Waals surface area contributed by atoms with Gasteiger partial charge in [0.15, 0.2) is 0 Å². The Balaban J connectivity index is 1.41. The molecule has 3 aromatic rings. The maximum absolute atomic E-state index is 12.5. The van der Waals surface area contributed by atoms with Gasteiger partial charge in [0.05, 0.1) is 13.2 Å². The SMILES string of the molecule is CCc1ccc(C(=O)Nc2ccc(Nc3nc(C)cc(N4CCOCC4)n3)cc2)cc1. The third kappa shape index (κ3) is 5.38. The number of morpholine rings is 1. The average molecular weight is 418 g/mol. The second kappa shape index (κ2) is 9.57. The van der Waals surface area contributed by atoms with Gasteiger partial charge in [0.25, 0.3) is 5.91 Å². The molecular formula is C24H27N5O2. The summed E-state index contributed by atoms with van der Waals surface area (Å²) in [7, 11) is 0. The van der Waals surface area contributed by atoms with Crippen molar-refractivity contribution >= 4 is 29.0 Å². The van der Waals surface area contributed by atoms with Crippen LogP contribution in [0, 0.1) is 6.92 Å². The summed E-state index contributed by atoms with van der Waals surface area (Å²) in [5.41, 5.74) is 4.33. The normalized spacial score (nSPS) is 13.7. The summed E-state index contributed by atoms with van der Waals surface area (Å²) < 4.78 is 5.42. The number of hydrogen-bond acceptors (Lipinski definition) is 6. The fourth-order valence-corrected chi connectivity index (χ4v) is 3.42. The number of ether oxygens (including phenoxy) is 1. The Morgan fingerprint density at radius 3 is 2.35 bits per heavy atom. The van der Waals surface area contributed by atoms with Crippen LogP contribution in [0.15, 0.2) is 54.6 Å². The second-order valence-corrected chi connectivity index (χ2v) is 7.50. The molecule has 1 aliphatic heterocycles. The van der Waals surface area contributed by atoms with E-state index >= 15 is 0 Å². The molecule has 31 heavy (non-hydrogen) atoms. The molecule has 2 N–H and O–H groups in total. The third-order valence-corrected chi connectivity index (χ3v) is 5.20. The highest BCUT2D eigenvalue weighted by Gasteiger charge is 2.14. The van der Waals surface area contributed by atoms with E-state index in [-0.39, 0.29) is 5.91 Å². The van der Waals surface area contributed by atoms with Crippen molar-refractivity contribution in [1.82, 2.24) is 9.97 Å². The molecule has 160 valence electrons. The lowest BCUT2D eigenvalue weighted by Crippen LogP contribution is -2.36. The van der Waals surface area contributed by atoms with E-state index in [0.29, 0.717) is 24.7 Å². The van der Waals surface area contributed by atoms with E-state index in [1.807, 2.05) is 61.5 Å². The Bertz CT molecular complexity index is 1030.